The summed E-state index contributed by atoms with van der Waals surface area (Å²) in [6.07, 6.45) is -0.657. The van der Waals surface area contributed by atoms with Gasteiger partial charge in [0.2, 0.25) is 0 Å². The summed E-state index contributed by atoms with van der Waals surface area (Å²) in [7, 11) is 1.73. The van der Waals surface area contributed by atoms with Gasteiger partial charge in [-0.05, 0) is 18.2 Å². The molecule has 2 N–H and O–H groups in total. The minimum atomic E-state index is -0.391. The lowest BCUT2D eigenvalue weighted by molar-refractivity contribution is 0.145. The first-order valence-electron chi connectivity index (χ1n) is 5.88. The molecule has 3 rings (SSSR count). The van der Waals surface area contributed by atoms with E-state index in [1.54, 1.807) is 16.5 Å². The van der Waals surface area contributed by atoms with Crippen LogP contribution in [0, 0.1) is 0 Å². The fourth-order valence-corrected chi connectivity index (χ4v) is 3.06. The number of hydrogen-bond donors (Lipinski definition) is 1. The largest absolute Gasteiger partial charge is 0.443 e. The van der Waals surface area contributed by atoms with Crippen LogP contribution in [-0.2, 0) is 11.8 Å². The van der Waals surface area contributed by atoms with Gasteiger partial charge in [-0.1, -0.05) is 11.3 Å². The van der Waals surface area contributed by atoms with Gasteiger partial charge in [-0.2, -0.15) is 0 Å². The van der Waals surface area contributed by atoms with Crippen molar-refractivity contribution in [3.8, 4) is 0 Å². The molecule has 1 aromatic carbocycles. The number of nitrogens with zero attached hydrogens (tertiary/aromatic N) is 2. The van der Waals surface area contributed by atoms with Crippen molar-refractivity contribution in [1.82, 2.24) is 4.57 Å². The molecule has 0 spiro atoms. The first-order valence-corrected chi connectivity index (χ1v) is 6.69. The Hall–Kier alpha value is -1.57. The van der Waals surface area contributed by atoms with Crippen molar-refractivity contribution in [3.63, 3.8) is 0 Å². The number of rotatable bonds is 2. The van der Waals surface area contributed by atoms with E-state index in [1.165, 1.54) is 0 Å². The van der Waals surface area contributed by atoms with Crippen molar-refractivity contribution < 1.29 is 9.53 Å². The highest BCUT2D eigenvalue weighted by Gasteiger charge is 2.31. The summed E-state index contributed by atoms with van der Waals surface area (Å²) in [5, 5.41) is 0. The molecule has 1 saturated heterocycles. The van der Waals surface area contributed by atoms with Gasteiger partial charge in [0.05, 0.1) is 16.8 Å². The summed E-state index contributed by atoms with van der Waals surface area (Å²) in [5.74, 6) is 0. The van der Waals surface area contributed by atoms with E-state index in [1.807, 2.05) is 18.2 Å². The van der Waals surface area contributed by atoms with Crippen molar-refractivity contribution in [2.24, 2.45) is 12.8 Å². The summed E-state index contributed by atoms with van der Waals surface area (Å²) in [4.78, 5) is 24.9. The van der Waals surface area contributed by atoms with Gasteiger partial charge in [-0.25, -0.2) is 4.79 Å². The third kappa shape index (κ3) is 2.28. The maximum Gasteiger partial charge on any atom is 0.414 e. The molecule has 0 bridgehead atoms. The number of aryl methyl sites for hydroxylation is 1. The van der Waals surface area contributed by atoms with Crippen LogP contribution in [0.5, 0.6) is 0 Å². The van der Waals surface area contributed by atoms with Crippen molar-refractivity contribution in [2.75, 3.05) is 18.0 Å². The number of carbonyl (C=O) groups is 1. The van der Waals surface area contributed by atoms with Crippen LogP contribution < -0.4 is 15.5 Å². The summed E-state index contributed by atoms with van der Waals surface area (Å²) in [5.41, 5.74) is 7.10. The average Bonchev–Trinajstić information content (AvgIpc) is 2.91. The van der Waals surface area contributed by atoms with Gasteiger partial charge in [0, 0.05) is 19.3 Å². The number of carbonyl (C=O) groups excluding carboxylic acids is 1. The second-order valence-corrected chi connectivity index (χ2v) is 5.42. The van der Waals surface area contributed by atoms with Crippen molar-refractivity contribution >= 4 is 45.7 Å². The number of amides is 1. The van der Waals surface area contributed by atoms with Crippen LogP contribution in [0.15, 0.2) is 23.0 Å². The van der Waals surface area contributed by atoms with E-state index in [2.05, 4.69) is 0 Å². The number of halogens is 1. The van der Waals surface area contributed by atoms with Gasteiger partial charge in [0.15, 0.2) is 0 Å². The molecule has 0 saturated carbocycles. The predicted octanol–water partition coefficient (Wildman–Crippen LogP) is 1.31. The van der Waals surface area contributed by atoms with Gasteiger partial charge >= 0.3 is 11.0 Å². The molecule has 1 atom stereocenters. The second kappa shape index (κ2) is 5.43. The first-order chi connectivity index (χ1) is 9.10. The van der Waals surface area contributed by atoms with E-state index in [4.69, 9.17) is 10.5 Å². The molecule has 108 valence electrons. The molecule has 2 heterocycles. The molecule has 8 heteroatoms. The Bertz CT molecular complexity index is 712. The smallest absolute Gasteiger partial charge is 0.414 e. The molecule has 1 aliphatic heterocycles. The summed E-state index contributed by atoms with van der Waals surface area (Å²) < 4.78 is 7.56. The van der Waals surface area contributed by atoms with Crippen LogP contribution in [0.25, 0.3) is 10.2 Å². The Balaban J connectivity index is 0.00000147. The van der Waals surface area contributed by atoms with Crippen LogP contribution >= 0.6 is 23.7 Å². The van der Waals surface area contributed by atoms with Gasteiger partial charge in [0.25, 0.3) is 0 Å². The van der Waals surface area contributed by atoms with E-state index < -0.39 is 6.09 Å². The van der Waals surface area contributed by atoms with Crippen LogP contribution in [0.2, 0.25) is 0 Å². The number of anilines is 1. The quantitative estimate of drug-likeness (QED) is 0.906. The molecule has 20 heavy (non-hydrogen) atoms. The third-order valence-electron chi connectivity index (χ3n) is 3.22. The van der Waals surface area contributed by atoms with Crippen molar-refractivity contribution in [1.29, 1.82) is 0 Å². The molecule has 1 aliphatic rings. The van der Waals surface area contributed by atoms with Crippen molar-refractivity contribution in [3.05, 3.63) is 27.9 Å². The maximum absolute atomic E-state index is 11.7. The Morgan fingerprint density at radius 1 is 1.45 bits per heavy atom. The number of fused-ring (bicyclic) bond motifs is 1. The van der Waals surface area contributed by atoms with E-state index in [0.717, 1.165) is 27.2 Å². The number of nitrogens with two attached hydrogens (primary N) is 1. The minimum Gasteiger partial charge on any atom is -0.443 e. The molecule has 1 aromatic heterocycles. The predicted molar refractivity (Wildman–Crippen MR) is 81.0 cm³/mol. The summed E-state index contributed by atoms with van der Waals surface area (Å²) in [6, 6.07) is 5.49. The first kappa shape index (κ1) is 14.8. The number of cyclic esters (lactones) is 1. The lowest BCUT2D eigenvalue weighted by Crippen LogP contribution is -2.27. The topological polar surface area (TPSA) is 77.6 Å². The molecule has 0 aliphatic carbocycles. The summed E-state index contributed by atoms with van der Waals surface area (Å²) in [6.45, 7) is 0.756. The third-order valence-corrected chi connectivity index (χ3v) is 4.22. The molecule has 2 aromatic rings. The molecule has 0 radical (unpaired) electrons. The zero-order chi connectivity index (χ0) is 13.6. The van der Waals surface area contributed by atoms with E-state index in [9.17, 15) is 9.59 Å². The Labute approximate surface area is 125 Å². The highest BCUT2D eigenvalue weighted by molar-refractivity contribution is 7.16. The zero-order valence-electron chi connectivity index (χ0n) is 10.7. The van der Waals surface area contributed by atoms with Crippen LogP contribution in [-0.4, -0.2) is 29.9 Å². The Morgan fingerprint density at radius 2 is 2.20 bits per heavy atom. The number of thiazole rings is 1. The molecule has 6 nitrogen and oxygen atoms in total. The molecule has 1 fully saturated rings. The van der Waals surface area contributed by atoms with Crippen molar-refractivity contribution in [2.45, 2.75) is 6.10 Å². The SMILES string of the molecule is Cl.Cn1c(=O)sc2cc(N3C[C@H](CN)OC3=O)ccc21. The molecule has 0 unspecified atom stereocenters. The Kier molecular flexibility index (Phi) is 4.03. The fraction of sp³-hybridized carbons (Fsp3) is 0.333. The van der Waals surface area contributed by atoms with Crippen LogP contribution in [0.3, 0.4) is 0 Å². The highest BCUT2D eigenvalue weighted by Crippen LogP contribution is 2.26. The average molecular weight is 316 g/mol. The lowest BCUT2D eigenvalue weighted by atomic mass is 10.2. The molecular weight excluding hydrogens is 302 g/mol. The van der Waals surface area contributed by atoms with Gasteiger partial charge in [-0.3, -0.25) is 9.69 Å². The summed E-state index contributed by atoms with van der Waals surface area (Å²) >= 11 is 1.16. The molecule has 1 amide bonds. The maximum atomic E-state index is 11.7. The standard InChI is InChI=1S/C12H13N3O3S.ClH/c1-14-9-3-2-7(4-10(9)19-12(14)17)15-6-8(5-13)18-11(15)16;/h2-4,8H,5-6,13H2,1H3;1H/t8-;/m0./s1. The number of hydrogen-bond acceptors (Lipinski definition) is 5. The number of aromatic nitrogens is 1. The van der Waals surface area contributed by atoms with Gasteiger partial charge < -0.3 is 15.0 Å². The van der Waals surface area contributed by atoms with Crippen LogP contribution in [0.1, 0.15) is 0 Å². The zero-order valence-corrected chi connectivity index (χ0v) is 12.4. The normalized spacial score (nSPS) is 18.2. The second-order valence-electron chi connectivity index (χ2n) is 4.43. The minimum absolute atomic E-state index is 0. The lowest BCUT2D eigenvalue weighted by Gasteiger charge is -2.12. The monoisotopic (exact) mass is 315 g/mol. The molecular formula is C12H14ClN3O3S. The van der Waals surface area contributed by atoms with E-state index >= 15 is 0 Å². The van der Waals surface area contributed by atoms with Crippen LogP contribution in [0.4, 0.5) is 10.5 Å². The van der Waals surface area contributed by atoms with Gasteiger partial charge in [0.1, 0.15) is 6.10 Å². The van der Waals surface area contributed by atoms with E-state index in [0.29, 0.717) is 13.1 Å². The van der Waals surface area contributed by atoms with Gasteiger partial charge in [-0.15, -0.1) is 12.4 Å². The number of benzene rings is 1. The Morgan fingerprint density at radius 3 is 2.85 bits per heavy atom. The highest BCUT2D eigenvalue weighted by atomic mass is 35.5. The number of ether oxygens (including phenoxy) is 1. The van der Waals surface area contributed by atoms with E-state index in [-0.39, 0.29) is 23.4 Å². The fourth-order valence-electron chi connectivity index (χ4n) is 2.15.